The zero-order chi connectivity index (χ0) is 15.7. The number of aromatic amines is 1. The fourth-order valence-electron chi connectivity index (χ4n) is 2.21. The topological polar surface area (TPSA) is 44.9 Å². The van der Waals surface area contributed by atoms with Gasteiger partial charge in [0, 0.05) is 22.8 Å². The van der Waals surface area contributed by atoms with Crippen molar-refractivity contribution in [3.63, 3.8) is 0 Å². The van der Waals surface area contributed by atoms with Crippen molar-refractivity contribution in [3.8, 4) is 0 Å². The van der Waals surface area contributed by atoms with E-state index >= 15 is 0 Å². The van der Waals surface area contributed by atoms with E-state index in [0.29, 0.717) is 16.6 Å². The van der Waals surface area contributed by atoms with Crippen LogP contribution < -0.4 is 5.32 Å². The Hall–Kier alpha value is -2.76. The minimum atomic E-state index is -4.41. The van der Waals surface area contributed by atoms with E-state index < -0.39 is 11.7 Å². The number of fused-ring (bicyclic) bond motifs is 1. The van der Waals surface area contributed by atoms with Crippen molar-refractivity contribution in [2.45, 2.75) is 6.18 Å². The molecule has 0 saturated heterocycles. The van der Waals surface area contributed by atoms with E-state index in [1.807, 2.05) is 6.07 Å². The third-order valence-corrected chi connectivity index (χ3v) is 3.29. The monoisotopic (exact) mass is 304 g/mol. The first kappa shape index (κ1) is 14.2. The molecule has 2 N–H and O–H groups in total. The fraction of sp³-hybridized carbons (Fsp3) is 0.0625. The van der Waals surface area contributed by atoms with Crippen LogP contribution in [0.5, 0.6) is 0 Å². The van der Waals surface area contributed by atoms with E-state index in [1.165, 1.54) is 12.3 Å². The van der Waals surface area contributed by atoms with Crippen LogP contribution in [0, 0.1) is 0 Å². The van der Waals surface area contributed by atoms with Gasteiger partial charge in [-0.15, -0.1) is 0 Å². The maximum absolute atomic E-state index is 12.7. The highest BCUT2D eigenvalue weighted by molar-refractivity contribution is 6.12. The maximum Gasteiger partial charge on any atom is 0.416 e. The van der Waals surface area contributed by atoms with Gasteiger partial charge in [-0.25, -0.2) is 0 Å². The quantitative estimate of drug-likeness (QED) is 0.722. The lowest BCUT2D eigenvalue weighted by Gasteiger charge is -2.07. The lowest BCUT2D eigenvalue weighted by atomic mass is 10.1. The number of H-pyrrole nitrogens is 1. The number of carbonyl (C=O) groups is 1. The molecule has 0 aliphatic carbocycles. The van der Waals surface area contributed by atoms with Gasteiger partial charge in [-0.1, -0.05) is 24.3 Å². The summed E-state index contributed by atoms with van der Waals surface area (Å²) < 4.78 is 38.0. The lowest BCUT2D eigenvalue weighted by Crippen LogP contribution is -2.11. The Morgan fingerprint density at radius 2 is 1.77 bits per heavy atom. The van der Waals surface area contributed by atoms with Crippen molar-refractivity contribution < 1.29 is 18.0 Å². The minimum absolute atomic E-state index is 0.271. The number of benzene rings is 2. The molecule has 0 saturated carbocycles. The van der Waals surface area contributed by atoms with Crippen LogP contribution in [-0.2, 0) is 6.18 Å². The molecular weight excluding hydrogens is 293 g/mol. The zero-order valence-corrected chi connectivity index (χ0v) is 11.2. The summed E-state index contributed by atoms with van der Waals surface area (Å²) in [6.45, 7) is 0. The van der Waals surface area contributed by atoms with Gasteiger partial charge in [0.05, 0.1) is 11.1 Å². The maximum atomic E-state index is 12.7. The minimum Gasteiger partial charge on any atom is -0.360 e. The van der Waals surface area contributed by atoms with E-state index in [-0.39, 0.29) is 11.4 Å². The first-order valence-corrected chi connectivity index (χ1v) is 6.50. The third-order valence-electron chi connectivity index (χ3n) is 3.29. The Balaban J connectivity index is 1.93. The number of alkyl halides is 3. The van der Waals surface area contributed by atoms with Gasteiger partial charge in [0.25, 0.3) is 5.91 Å². The average Bonchev–Trinajstić information content (AvgIpc) is 2.90. The summed E-state index contributed by atoms with van der Waals surface area (Å²) in [5, 5.41) is 3.15. The van der Waals surface area contributed by atoms with Gasteiger partial charge in [-0.3, -0.25) is 4.79 Å². The Labute approximate surface area is 123 Å². The Bertz CT molecular complexity index is 822. The smallest absolute Gasteiger partial charge is 0.360 e. The molecule has 112 valence electrons. The van der Waals surface area contributed by atoms with Crippen LogP contribution in [0.4, 0.5) is 18.9 Å². The molecule has 3 nitrogen and oxygen atoms in total. The predicted octanol–water partition coefficient (Wildman–Crippen LogP) is 4.44. The van der Waals surface area contributed by atoms with Crippen LogP contribution in [0.15, 0.2) is 54.7 Å². The summed E-state index contributed by atoms with van der Waals surface area (Å²) in [6.07, 6.45) is -3.01. The van der Waals surface area contributed by atoms with Crippen LogP contribution in [0.2, 0.25) is 0 Å². The molecule has 22 heavy (non-hydrogen) atoms. The van der Waals surface area contributed by atoms with Crippen molar-refractivity contribution in [1.82, 2.24) is 4.98 Å². The van der Waals surface area contributed by atoms with Crippen molar-refractivity contribution in [2.24, 2.45) is 0 Å². The van der Waals surface area contributed by atoms with E-state index in [4.69, 9.17) is 0 Å². The number of hydrogen-bond donors (Lipinski definition) is 2. The second-order valence-corrected chi connectivity index (χ2v) is 4.78. The molecule has 0 bridgehead atoms. The summed E-state index contributed by atoms with van der Waals surface area (Å²) in [6, 6.07) is 12.1. The van der Waals surface area contributed by atoms with Crippen molar-refractivity contribution in [1.29, 1.82) is 0 Å². The van der Waals surface area contributed by atoms with Crippen molar-refractivity contribution >= 4 is 22.5 Å². The molecule has 0 unspecified atom stereocenters. The second-order valence-electron chi connectivity index (χ2n) is 4.78. The number of halogens is 3. The standard InChI is InChI=1S/C16H11F3N2O/c17-16(18,19)10-6-7-12-13(9-20-14(12)8-10)15(22)21-11-4-2-1-3-5-11/h1-9,20H,(H,21,22). The molecule has 0 aliphatic rings. The van der Waals surface area contributed by atoms with Gasteiger partial charge >= 0.3 is 6.18 Å². The van der Waals surface area contributed by atoms with Gasteiger partial charge in [0.15, 0.2) is 0 Å². The summed E-state index contributed by atoms with van der Waals surface area (Å²) in [5.74, 6) is -0.378. The highest BCUT2D eigenvalue weighted by atomic mass is 19.4. The number of anilines is 1. The van der Waals surface area contributed by atoms with Crippen molar-refractivity contribution in [2.75, 3.05) is 5.32 Å². The number of amides is 1. The first-order valence-electron chi connectivity index (χ1n) is 6.50. The van der Waals surface area contributed by atoms with E-state index in [2.05, 4.69) is 10.3 Å². The summed E-state index contributed by atoms with van der Waals surface area (Å²) in [4.78, 5) is 14.9. The highest BCUT2D eigenvalue weighted by Crippen LogP contribution is 2.32. The van der Waals surface area contributed by atoms with E-state index in [9.17, 15) is 18.0 Å². The summed E-state index contributed by atoms with van der Waals surface area (Å²) >= 11 is 0. The molecule has 6 heteroatoms. The van der Waals surface area contributed by atoms with Gasteiger partial charge < -0.3 is 10.3 Å². The lowest BCUT2D eigenvalue weighted by molar-refractivity contribution is -0.137. The number of aromatic nitrogens is 1. The number of rotatable bonds is 2. The largest absolute Gasteiger partial charge is 0.416 e. The molecule has 0 aliphatic heterocycles. The molecule has 3 rings (SSSR count). The number of hydrogen-bond acceptors (Lipinski definition) is 1. The highest BCUT2D eigenvalue weighted by Gasteiger charge is 2.30. The Morgan fingerprint density at radius 3 is 2.45 bits per heavy atom. The first-order chi connectivity index (χ1) is 10.4. The van der Waals surface area contributed by atoms with Crippen LogP contribution in [-0.4, -0.2) is 10.9 Å². The fourth-order valence-corrected chi connectivity index (χ4v) is 2.21. The van der Waals surface area contributed by atoms with Crippen LogP contribution in [0.25, 0.3) is 10.9 Å². The van der Waals surface area contributed by atoms with Crippen LogP contribution >= 0.6 is 0 Å². The molecular formula is C16H11F3N2O. The predicted molar refractivity (Wildman–Crippen MR) is 77.7 cm³/mol. The van der Waals surface area contributed by atoms with Gasteiger partial charge in [-0.2, -0.15) is 13.2 Å². The zero-order valence-electron chi connectivity index (χ0n) is 11.2. The van der Waals surface area contributed by atoms with E-state index in [0.717, 1.165) is 12.1 Å². The summed E-state index contributed by atoms with van der Waals surface area (Å²) in [7, 11) is 0. The van der Waals surface area contributed by atoms with Gasteiger partial charge in [-0.05, 0) is 24.3 Å². The van der Waals surface area contributed by atoms with Crippen LogP contribution in [0.1, 0.15) is 15.9 Å². The molecule has 1 amide bonds. The third kappa shape index (κ3) is 2.67. The molecule has 0 radical (unpaired) electrons. The van der Waals surface area contributed by atoms with Gasteiger partial charge in [0.1, 0.15) is 0 Å². The number of para-hydroxylation sites is 1. The summed E-state index contributed by atoms with van der Waals surface area (Å²) in [5.41, 5.74) is 0.436. The Morgan fingerprint density at radius 1 is 1.05 bits per heavy atom. The molecule has 1 heterocycles. The molecule has 0 atom stereocenters. The van der Waals surface area contributed by atoms with Gasteiger partial charge in [0.2, 0.25) is 0 Å². The normalized spacial score (nSPS) is 11.6. The average molecular weight is 304 g/mol. The molecule has 3 aromatic rings. The Kier molecular flexibility index (Phi) is 3.36. The molecule has 1 aromatic heterocycles. The molecule has 0 spiro atoms. The number of carbonyl (C=O) groups excluding carboxylic acids is 1. The SMILES string of the molecule is O=C(Nc1ccccc1)c1c[nH]c2cc(C(F)(F)F)ccc12. The van der Waals surface area contributed by atoms with E-state index in [1.54, 1.807) is 24.3 Å². The van der Waals surface area contributed by atoms with Crippen LogP contribution in [0.3, 0.4) is 0 Å². The second kappa shape index (κ2) is 5.22. The number of nitrogens with one attached hydrogen (secondary N) is 2. The molecule has 2 aromatic carbocycles. The molecule has 0 fully saturated rings. The van der Waals surface area contributed by atoms with Crippen molar-refractivity contribution in [3.05, 3.63) is 65.9 Å².